The summed E-state index contributed by atoms with van der Waals surface area (Å²) in [6, 6.07) is 0. The van der Waals surface area contributed by atoms with E-state index in [1.54, 1.807) is 5.57 Å². The van der Waals surface area contributed by atoms with E-state index >= 15 is 0 Å². The zero-order valence-electron chi connectivity index (χ0n) is 23.4. The van der Waals surface area contributed by atoms with E-state index in [1.165, 1.54) is 13.8 Å². The third-order valence-electron chi connectivity index (χ3n) is 12.4. The number of hydrogen-bond acceptors (Lipinski definition) is 5. The first-order valence-electron chi connectivity index (χ1n) is 14.1. The van der Waals surface area contributed by atoms with Gasteiger partial charge in [0, 0.05) is 0 Å². The predicted molar refractivity (Wildman–Crippen MR) is 138 cm³/mol. The average molecular weight is 493 g/mol. The third-order valence-corrected chi connectivity index (χ3v) is 12.4. The van der Waals surface area contributed by atoms with Crippen LogP contribution in [-0.4, -0.2) is 55.5 Å². The summed E-state index contributed by atoms with van der Waals surface area (Å²) >= 11 is 0. The van der Waals surface area contributed by atoms with Crippen LogP contribution in [0.25, 0.3) is 0 Å². The summed E-state index contributed by atoms with van der Waals surface area (Å²) in [6.07, 6.45) is 5.68. The maximum atomic E-state index is 11.1. The summed E-state index contributed by atoms with van der Waals surface area (Å²) in [5.74, 6) is 1.05. The van der Waals surface area contributed by atoms with Crippen LogP contribution in [0.2, 0.25) is 0 Å². The summed E-state index contributed by atoms with van der Waals surface area (Å²) in [4.78, 5) is 0. The molecule has 3 saturated carbocycles. The minimum Gasteiger partial charge on any atom is -0.393 e. The standard InChI is InChI=1S/C30H52O5/c1-17(23(32)24(33)25(34)27(4,5)35)18-11-15-30(8)20-9-10-21-26(2,3)22(31)13-14-28(21,6)19(20)12-16-29(18,30)7/h9,17-19,21-25,31-35H,10-16H2,1-8H3/t17-,18+,19+,21+,22-,23?,24?,25?,28-,29+,30-/m1/s1. The molecule has 3 unspecified atom stereocenters. The Morgan fingerprint density at radius 1 is 0.914 bits per heavy atom. The fourth-order valence-electron chi connectivity index (χ4n) is 9.74. The lowest BCUT2D eigenvalue weighted by molar-refractivity contribution is -0.158. The van der Waals surface area contributed by atoms with Gasteiger partial charge < -0.3 is 25.5 Å². The molecule has 0 aromatic carbocycles. The minimum absolute atomic E-state index is 0.00201. The van der Waals surface area contributed by atoms with Gasteiger partial charge in [-0.25, -0.2) is 0 Å². The molecule has 202 valence electrons. The van der Waals surface area contributed by atoms with Crippen LogP contribution in [-0.2, 0) is 0 Å². The Labute approximate surface area is 213 Å². The van der Waals surface area contributed by atoms with E-state index in [1.807, 2.05) is 6.92 Å². The molecule has 5 heteroatoms. The summed E-state index contributed by atoms with van der Waals surface area (Å²) in [6.45, 7) is 16.8. The van der Waals surface area contributed by atoms with Gasteiger partial charge in [0.2, 0.25) is 0 Å². The van der Waals surface area contributed by atoms with Gasteiger partial charge >= 0.3 is 0 Å². The van der Waals surface area contributed by atoms with Gasteiger partial charge in [-0.05, 0) is 104 Å². The molecule has 0 radical (unpaired) electrons. The first-order chi connectivity index (χ1) is 15.9. The van der Waals surface area contributed by atoms with Crippen molar-refractivity contribution in [1.82, 2.24) is 0 Å². The minimum atomic E-state index is -1.48. The summed E-state index contributed by atoms with van der Waals surface area (Å²) in [5, 5.41) is 53.3. The van der Waals surface area contributed by atoms with Crippen molar-refractivity contribution in [3.63, 3.8) is 0 Å². The molecule has 11 atom stereocenters. The van der Waals surface area contributed by atoms with Crippen LogP contribution in [0.3, 0.4) is 0 Å². The molecule has 4 aliphatic carbocycles. The summed E-state index contributed by atoms with van der Waals surface area (Å²) < 4.78 is 0. The van der Waals surface area contributed by atoms with E-state index in [-0.39, 0.29) is 39.6 Å². The van der Waals surface area contributed by atoms with E-state index in [4.69, 9.17) is 0 Å². The highest BCUT2D eigenvalue weighted by Gasteiger charge is 2.65. The van der Waals surface area contributed by atoms with E-state index in [0.717, 1.165) is 44.9 Å². The van der Waals surface area contributed by atoms with E-state index in [0.29, 0.717) is 11.8 Å². The van der Waals surface area contributed by atoms with Gasteiger partial charge in [0.05, 0.1) is 17.8 Å². The zero-order chi connectivity index (χ0) is 26.4. The second-order valence-corrected chi connectivity index (χ2v) is 14.8. The highest BCUT2D eigenvalue weighted by molar-refractivity contribution is 5.33. The lowest BCUT2D eigenvalue weighted by Crippen LogP contribution is -2.58. The molecule has 5 nitrogen and oxygen atoms in total. The Bertz CT molecular complexity index is 844. The van der Waals surface area contributed by atoms with Gasteiger partial charge in [-0.2, -0.15) is 0 Å². The molecule has 0 saturated heterocycles. The number of aliphatic hydroxyl groups excluding tert-OH is 4. The first-order valence-corrected chi connectivity index (χ1v) is 14.1. The van der Waals surface area contributed by atoms with Gasteiger partial charge in [-0.1, -0.05) is 53.2 Å². The van der Waals surface area contributed by atoms with Gasteiger partial charge in [0.25, 0.3) is 0 Å². The van der Waals surface area contributed by atoms with Crippen molar-refractivity contribution in [1.29, 1.82) is 0 Å². The van der Waals surface area contributed by atoms with Crippen molar-refractivity contribution in [2.24, 2.45) is 45.3 Å². The molecule has 3 fully saturated rings. The molecule has 0 aromatic rings. The fraction of sp³-hybridized carbons (Fsp3) is 0.933. The molecule has 0 amide bonds. The first kappa shape index (κ1) is 27.6. The normalized spacial score (nSPS) is 46.5. The maximum absolute atomic E-state index is 11.1. The number of aliphatic hydroxyl groups is 5. The molecule has 0 aromatic heterocycles. The molecular formula is C30H52O5. The molecule has 5 N–H and O–H groups in total. The fourth-order valence-corrected chi connectivity index (χ4v) is 9.74. The van der Waals surface area contributed by atoms with Crippen LogP contribution in [0.1, 0.15) is 100 Å². The molecule has 35 heavy (non-hydrogen) atoms. The van der Waals surface area contributed by atoms with E-state index < -0.39 is 23.9 Å². The van der Waals surface area contributed by atoms with Crippen LogP contribution in [0.5, 0.6) is 0 Å². The quantitative estimate of drug-likeness (QED) is 0.365. The number of allylic oxidation sites excluding steroid dienone is 2. The second kappa shape index (κ2) is 8.53. The maximum Gasteiger partial charge on any atom is 0.110 e. The van der Waals surface area contributed by atoms with Gasteiger partial charge in [0.1, 0.15) is 12.2 Å². The van der Waals surface area contributed by atoms with Crippen molar-refractivity contribution >= 4 is 0 Å². The number of rotatable bonds is 5. The molecule has 0 spiro atoms. The SMILES string of the molecule is C[C@@H](C(O)C(O)C(O)C(C)(C)O)[C@@H]1CC[C@]2(C)C3=CC[C@H]4C(C)(C)[C@H](O)CC[C@]4(C)[C@H]3CC[C@@]12C. The Morgan fingerprint density at radius 2 is 1.54 bits per heavy atom. The van der Waals surface area contributed by atoms with E-state index in [9.17, 15) is 25.5 Å². The third kappa shape index (κ3) is 3.81. The smallest absolute Gasteiger partial charge is 0.110 e. The monoisotopic (exact) mass is 492 g/mol. The van der Waals surface area contributed by atoms with E-state index in [2.05, 4.69) is 40.7 Å². The van der Waals surface area contributed by atoms with Crippen molar-refractivity contribution in [2.75, 3.05) is 0 Å². The summed E-state index contributed by atoms with van der Waals surface area (Å²) in [7, 11) is 0. The highest BCUT2D eigenvalue weighted by Crippen LogP contribution is 2.73. The Morgan fingerprint density at radius 3 is 2.14 bits per heavy atom. The highest BCUT2D eigenvalue weighted by atomic mass is 16.4. The Hall–Kier alpha value is -0.460. The lowest BCUT2D eigenvalue weighted by atomic mass is 9.41. The Balaban J connectivity index is 1.63. The molecule has 4 aliphatic rings. The molecule has 0 bridgehead atoms. The zero-order valence-corrected chi connectivity index (χ0v) is 23.4. The molecule has 4 rings (SSSR count). The summed E-state index contributed by atoms with van der Waals surface area (Å²) in [5.41, 5.74) is 0.300. The van der Waals surface area contributed by atoms with Crippen LogP contribution in [0.15, 0.2) is 11.6 Å². The number of hydrogen-bond donors (Lipinski definition) is 5. The van der Waals surface area contributed by atoms with Crippen LogP contribution in [0.4, 0.5) is 0 Å². The topological polar surface area (TPSA) is 101 Å². The van der Waals surface area contributed by atoms with Crippen molar-refractivity contribution in [3.05, 3.63) is 11.6 Å². The van der Waals surface area contributed by atoms with Gasteiger partial charge in [0.15, 0.2) is 0 Å². The predicted octanol–water partition coefficient (Wildman–Crippen LogP) is 4.44. The van der Waals surface area contributed by atoms with Crippen molar-refractivity contribution < 1.29 is 25.5 Å². The second-order valence-electron chi connectivity index (χ2n) is 14.8. The number of fused-ring (bicyclic) bond motifs is 5. The molecule has 0 aliphatic heterocycles. The van der Waals surface area contributed by atoms with Crippen LogP contribution >= 0.6 is 0 Å². The van der Waals surface area contributed by atoms with Crippen molar-refractivity contribution in [2.45, 2.75) is 130 Å². The van der Waals surface area contributed by atoms with Gasteiger partial charge in [-0.15, -0.1) is 0 Å². The molecular weight excluding hydrogens is 440 g/mol. The van der Waals surface area contributed by atoms with Gasteiger partial charge in [-0.3, -0.25) is 0 Å². The Kier molecular flexibility index (Phi) is 6.72. The largest absolute Gasteiger partial charge is 0.393 e. The van der Waals surface area contributed by atoms with Crippen LogP contribution in [0, 0.1) is 45.3 Å². The molecule has 0 heterocycles. The van der Waals surface area contributed by atoms with Crippen LogP contribution < -0.4 is 0 Å². The van der Waals surface area contributed by atoms with Crippen molar-refractivity contribution in [3.8, 4) is 0 Å². The average Bonchev–Trinajstić information content (AvgIpc) is 3.05. The lowest BCUT2D eigenvalue weighted by Gasteiger charge is -2.64.